The molecule has 0 atom stereocenters. The molecule has 1 aromatic heterocycles. The molecule has 0 spiro atoms. The van der Waals surface area contributed by atoms with Gasteiger partial charge in [-0.3, -0.25) is 0 Å². The maximum Gasteiger partial charge on any atom is 0.214 e. The molecule has 0 fully saturated rings. The third-order valence-corrected chi connectivity index (χ3v) is 4.88. The molecule has 1 aliphatic heterocycles. The normalized spacial score (nSPS) is 16.8. The zero-order valence-electron chi connectivity index (χ0n) is 9.76. The maximum absolute atomic E-state index is 11.9. The van der Waals surface area contributed by atoms with Crippen molar-refractivity contribution in [2.75, 3.05) is 18.0 Å². The topological polar surface area (TPSA) is 89.2 Å². The van der Waals surface area contributed by atoms with E-state index < -0.39 is 10.0 Å². The molecule has 0 radical (unpaired) electrons. The summed E-state index contributed by atoms with van der Waals surface area (Å²) in [6.07, 6.45) is 2.59. The number of fused-ring (bicyclic) bond motifs is 1. The summed E-state index contributed by atoms with van der Waals surface area (Å²) >= 11 is 0. The quantitative estimate of drug-likeness (QED) is 0.832. The summed E-state index contributed by atoms with van der Waals surface area (Å²) < 4.78 is 25.3. The van der Waals surface area contributed by atoms with Crippen molar-refractivity contribution in [2.45, 2.75) is 26.3 Å². The molecule has 0 saturated heterocycles. The Bertz CT molecular complexity index is 515. The van der Waals surface area contributed by atoms with E-state index in [1.165, 1.54) is 10.6 Å². The molecule has 7 heteroatoms. The molecule has 17 heavy (non-hydrogen) atoms. The van der Waals surface area contributed by atoms with Crippen LogP contribution in [0.4, 0.5) is 5.82 Å². The molecule has 0 amide bonds. The van der Waals surface area contributed by atoms with Crippen LogP contribution in [-0.4, -0.2) is 35.0 Å². The summed E-state index contributed by atoms with van der Waals surface area (Å²) in [5.41, 5.74) is 7.35. The molecule has 2 rings (SSSR count). The van der Waals surface area contributed by atoms with E-state index in [0.29, 0.717) is 31.7 Å². The fourth-order valence-corrected chi connectivity index (χ4v) is 3.44. The zero-order chi connectivity index (χ0) is 12.5. The van der Waals surface area contributed by atoms with Crippen LogP contribution in [0.5, 0.6) is 0 Å². The van der Waals surface area contributed by atoms with Gasteiger partial charge in [0.25, 0.3) is 0 Å². The molecule has 0 saturated carbocycles. The van der Waals surface area contributed by atoms with Crippen molar-refractivity contribution in [2.24, 2.45) is 0 Å². The summed E-state index contributed by atoms with van der Waals surface area (Å²) in [5.74, 6) is 0.644. The third-order valence-electron chi connectivity index (χ3n) is 2.86. The predicted octanol–water partition coefficient (Wildman–Crippen LogP) is 0.157. The van der Waals surface area contributed by atoms with Crippen molar-refractivity contribution < 1.29 is 8.42 Å². The van der Waals surface area contributed by atoms with E-state index in [1.807, 2.05) is 6.92 Å². The number of sulfonamides is 1. The van der Waals surface area contributed by atoms with Gasteiger partial charge in [0.05, 0.1) is 18.0 Å². The van der Waals surface area contributed by atoms with Crippen molar-refractivity contribution in [1.82, 2.24) is 14.3 Å². The van der Waals surface area contributed by atoms with Gasteiger partial charge in [-0.1, -0.05) is 6.92 Å². The highest BCUT2D eigenvalue weighted by molar-refractivity contribution is 7.89. The van der Waals surface area contributed by atoms with Gasteiger partial charge in [-0.2, -0.15) is 4.31 Å². The Hall–Kier alpha value is -1.21. The average molecular weight is 256 g/mol. The van der Waals surface area contributed by atoms with Gasteiger partial charge >= 0.3 is 0 Å². The smallest absolute Gasteiger partial charge is 0.214 e. The minimum absolute atomic E-state index is 0.183. The Balaban J connectivity index is 2.25. The van der Waals surface area contributed by atoms with Crippen molar-refractivity contribution in [3.63, 3.8) is 0 Å². The van der Waals surface area contributed by atoms with Gasteiger partial charge in [0.1, 0.15) is 12.1 Å². The summed E-state index contributed by atoms with van der Waals surface area (Å²) in [6, 6.07) is 0. The van der Waals surface area contributed by atoms with E-state index in [0.717, 1.165) is 11.3 Å². The van der Waals surface area contributed by atoms with E-state index in [1.54, 1.807) is 0 Å². The number of rotatable bonds is 3. The molecule has 2 N–H and O–H groups in total. The van der Waals surface area contributed by atoms with Gasteiger partial charge in [0, 0.05) is 12.1 Å². The first-order chi connectivity index (χ1) is 8.04. The minimum Gasteiger partial charge on any atom is -0.383 e. The molecule has 0 aliphatic carbocycles. The Morgan fingerprint density at radius 3 is 2.94 bits per heavy atom. The minimum atomic E-state index is -3.16. The van der Waals surface area contributed by atoms with Crippen LogP contribution in [-0.2, 0) is 23.0 Å². The molecular formula is C10H16N4O2S. The number of hydrogen-bond donors (Lipinski definition) is 1. The Labute approximate surface area is 101 Å². The first-order valence-corrected chi connectivity index (χ1v) is 7.21. The van der Waals surface area contributed by atoms with Crippen molar-refractivity contribution >= 4 is 15.8 Å². The van der Waals surface area contributed by atoms with Crippen LogP contribution in [0, 0.1) is 0 Å². The van der Waals surface area contributed by atoms with E-state index in [-0.39, 0.29) is 5.75 Å². The average Bonchev–Trinajstić information content (AvgIpc) is 2.29. The summed E-state index contributed by atoms with van der Waals surface area (Å²) in [7, 11) is -3.16. The summed E-state index contributed by atoms with van der Waals surface area (Å²) in [5, 5.41) is 0. The summed E-state index contributed by atoms with van der Waals surface area (Å²) in [4.78, 5) is 8.02. The van der Waals surface area contributed by atoms with E-state index in [4.69, 9.17) is 5.73 Å². The fourth-order valence-electron chi connectivity index (χ4n) is 1.98. The lowest BCUT2D eigenvalue weighted by Gasteiger charge is -2.27. The molecule has 0 bridgehead atoms. The summed E-state index contributed by atoms with van der Waals surface area (Å²) in [6.45, 7) is 2.63. The zero-order valence-corrected chi connectivity index (χ0v) is 10.6. The highest BCUT2D eigenvalue weighted by Crippen LogP contribution is 2.22. The lowest BCUT2D eigenvalue weighted by atomic mass is 10.1. The SMILES string of the molecule is CCCS(=O)(=O)N1CCc2c(N)ncnc2C1. The molecule has 1 aliphatic rings. The highest BCUT2D eigenvalue weighted by atomic mass is 32.2. The van der Waals surface area contributed by atoms with Crippen molar-refractivity contribution in [3.05, 3.63) is 17.6 Å². The molecule has 94 valence electrons. The monoisotopic (exact) mass is 256 g/mol. The van der Waals surface area contributed by atoms with E-state index >= 15 is 0 Å². The second-order valence-corrected chi connectivity index (χ2v) is 6.17. The van der Waals surface area contributed by atoms with Crippen LogP contribution >= 0.6 is 0 Å². The number of anilines is 1. The number of nitrogens with zero attached hydrogens (tertiary/aromatic N) is 3. The number of nitrogen functional groups attached to an aromatic ring is 1. The van der Waals surface area contributed by atoms with Gasteiger partial charge in [-0.25, -0.2) is 18.4 Å². The maximum atomic E-state index is 11.9. The molecule has 0 aromatic carbocycles. The Morgan fingerprint density at radius 2 is 2.24 bits per heavy atom. The largest absolute Gasteiger partial charge is 0.383 e. The molecule has 1 aromatic rings. The number of hydrogen-bond acceptors (Lipinski definition) is 5. The van der Waals surface area contributed by atoms with Crippen LogP contribution < -0.4 is 5.73 Å². The molecule has 0 unspecified atom stereocenters. The van der Waals surface area contributed by atoms with Gasteiger partial charge in [-0.05, 0) is 12.8 Å². The molecular weight excluding hydrogens is 240 g/mol. The number of nitrogens with two attached hydrogens (primary N) is 1. The van der Waals surface area contributed by atoms with Crippen LogP contribution in [0.2, 0.25) is 0 Å². The Kier molecular flexibility index (Phi) is 3.30. The standard InChI is InChI=1S/C10H16N4O2S/c1-2-5-17(15,16)14-4-3-8-9(6-14)12-7-13-10(8)11/h7H,2-6H2,1H3,(H2,11,12,13). The third kappa shape index (κ3) is 2.39. The highest BCUT2D eigenvalue weighted by Gasteiger charge is 2.27. The van der Waals surface area contributed by atoms with Crippen LogP contribution in [0.3, 0.4) is 0 Å². The second kappa shape index (κ2) is 4.58. The molecule has 6 nitrogen and oxygen atoms in total. The van der Waals surface area contributed by atoms with Crippen LogP contribution in [0.25, 0.3) is 0 Å². The lowest BCUT2D eigenvalue weighted by molar-refractivity contribution is 0.385. The number of aromatic nitrogens is 2. The van der Waals surface area contributed by atoms with Gasteiger partial charge in [0.2, 0.25) is 10.0 Å². The van der Waals surface area contributed by atoms with Gasteiger partial charge in [-0.15, -0.1) is 0 Å². The Morgan fingerprint density at radius 1 is 1.47 bits per heavy atom. The second-order valence-electron chi connectivity index (χ2n) is 4.08. The fraction of sp³-hybridized carbons (Fsp3) is 0.600. The van der Waals surface area contributed by atoms with Crippen LogP contribution in [0.1, 0.15) is 24.6 Å². The van der Waals surface area contributed by atoms with Gasteiger partial charge < -0.3 is 5.73 Å². The van der Waals surface area contributed by atoms with E-state index in [2.05, 4.69) is 9.97 Å². The van der Waals surface area contributed by atoms with Crippen molar-refractivity contribution in [1.29, 1.82) is 0 Å². The van der Waals surface area contributed by atoms with E-state index in [9.17, 15) is 8.42 Å². The lowest BCUT2D eigenvalue weighted by Crippen LogP contribution is -2.38. The first kappa shape index (κ1) is 12.3. The molecule has 2 heterocycles. The first-order valence-electron chi connectivity index (χ1n) is 5.60. The predicted molar refractivity (Wildman–Crippen MR) is 64.6 cm³/mol. The van der Waals surface area contributed by atoms with Crippen molar-refractivity contribution in [3.8, 4) is 0 Å². The van der Waals surface area contributed by atoms with Crippen LogP contribution in [0.15, 0.2) is 6.33 Å². The van der Waals surface area contributed by atoms with Gasteiger partial charge in [0.15, 0.2) is 0 Å².